The van der Waals surface area contributed by atoms with Crippen LogP contribution in [0.2, 0.25) is 5.02 Å². The van der Waals surface area contributed by atoms with Crippen molar-refractivity contribution in [2.75, 3.05) is 11.1 Å². The van der Waals surface area contributed by atoms with Crippen molar-refractivity contribution in [1.29, 1.82) is 0 Å². The molecule has 3 N–H and O–H groups in total. The Morgan fingerprint density at radius 3 is 2.80 bits per heavy atom. The van der Waals surface area contributed by atoms with Crippen LogP contribution < -0.4 is 11.1 Å². The molecule has 0 spiro atoms. The number of nitrogens with two attached hydrogens (primary N) is 1. The van der Waals surface area contributed by atoms with Gasteiger partial charge in [0.15, 0.2) is 5.58 Å². The van der Waals surface area contributed by atoms with Gasteiger partial charge in [0.25, 0.3) is 0 Å². The van der Waals surface area contributed by atoms with Crippen LogP contribution in [0.15, 0.2) is 47.1 Å². The highest BCUT2D eigenvalue weighted by molar-refractivity contribution is 6.31. The third-order valence-electron chi connectivity index (χ3n) is 3.88. The molecule has 0 saturated carbocycles. The fraction of sp³-hybridized carbons (Fsp3) is 0.0588. The lowest BCUT2D eigenvalue weighted by Crippen LogP contribution is -1.96. The molecule has 4 rings (SSSR count). The summed E-state index contributed by atoms with van der Waals surface area (Å²) in [5, 5.41) is 8.06. The lowest BCUT2D eigenvalue weighted by Gasteiger charge is -2.06. The summed E-state index contributed by atoms with van der Waals surface area (Å²) in [5.41, 5.74) is 9.19. The third-order valence-corrected chi connectivity index (χ3v) is 4.17. The second kappa shape index (κ2) is 5.78. The molecule has 3 aromatic heterocycles. The number of anilines is 3. The molecule has 1 aromatic carbocycles. The maximum absolute atomic E-state index is 13.3. The van der Waals surface area contributed by atoms with Crippen molar-refractivity contribution in [2.45, 2.75) is 0 Å². The molecule has 0 fully saturated rings. The lowest BCUT2D eigenvalue weighted by atomic mass is 10.2. The highest BCUT2D eigenvalue weighted by Gasteiger charge is 2.18. The SMILES string of the molecule is Cn1nccc1-c1nccc2c(Nc3ccc(F)c(Cl)c3)c(N)oc12. The standard InChI is InChI=1S/C17H13ClFN5O/c1-24-13(5-7-22-24)15-16-10(4-6-21-15)14(17(20)25-16)23-9-2-3-12(19)11(18)8-9/h2-8,23H,20H2,1H3. The molecule has 0 aliphatic heterocycles. The van der Waals surface area contributed by atoms with E-state index in [1.54, 1.807) is 29.2 Å². The molecule has 0 saturated heterocycles. The van der Waals surface area contributed by atoms with Gasteiger partial charge in [-0.05, 0) is 30.3 Å². The van der Waals surface area contributed by atoms with Crippen LogP contribution in [0.5, 0.6) is 0 Å². The zero-order chi connectivity index (χ0) is 17.6. The van der Waals surface area contributed by atoms with Crippen molar-refractivity contribution in [2.24, 2.45) is 7.05 Å². The summed E-state index contributed by atoms with van der Waals surface area (Å²) >= 11 is 5.83. The topological polar surface area (TPSA) is 81.9 Å². The van der Waals surface area contributed by atoms with E-state index in [2.05, 4.69) is 15.4 Å². The van der Waals surface area contributed by atoms with E-state index < -0.39 is 5.82 Å². The molecule has 6 nitrogen and oxygen atoms in total. The highest BCUT2D eigenvalue weighted by Crippen LogP contribution is 2.39. The number of nitrogens with zero attached hydrogens (tertiary/aromatic N) is 3. The fourth-order valence-corrected chi connectivity index (χ4v) is 2.86. The van der Waals surface area contributed by atoms with E-state index in [9.17, 15) is 4.39 Å². The van der Waals surface area contributed by atoms with Crippen LogP contribution in [0.3, 0.4) is 0 Å². The predicted octanol–water partition coefficient (Wildman–Crippen LogP) is 4.35. The second-order valence-electron chi connectivity index (χ2n) is 5.47. The van der Waals surface area contributed by atoms with Crippen molar-refractivity contribution in [3.8, 4) is 11.4 Å². The molecule has 0 amide bonds. The summed E-state index contributed by atoms with van der Waals surface area (Å²) < 4.78 is 20.8. The minimum Gasteiger partial charge on any atom is -0.436 e. The molecule has 0 aliphatic carbocycles. The minimum atomic E-state index is -0.486. The number of benzene rings is 1. The number of aryl methyl sites for hydroxylation is 1. The number of nitrogens with one attached hydrogen (secondary N) is 1. The van der Waals surface area contributed by atoms with Gasteiger partial charge in [-0.25, -0.2) is 4.39 Å². The Morgan fingerprint density at radius 1 is 1.24 bits per heavy atom. The van der Waals surface area contributed by atoms with Gasteiger partial charge in [-0.1, -0.05) is 11.6 Å². The molecule has 8 heteroatoms. The van der Waals surface area contributed by atoms with Crippen LogP contribution in [0.25, 0.3) is 22.4 Å². The van der Waals surface area contributed by atoms with E-state index in [1.165, 1.54) is 12.1 Å². The molecule has 4 aromatic rings. The van der Waals surface area contributed by atoms with E-state index in [1.807, 2.05) is 13.1 Å². The number of fused-ring (bicyclic) bond motifs is 1. The smallest absolute Gasteiger partial charge is 0.215 e. The molecular weight excluding hydrogens is 345 g/mol. The van der Waals surface area contributed by atoms with Gasteiger partial charge in [0.2, 0.25) is 5.88 Å². The Kier molecular flexibility index (Phi) is 3.58. The Morgan fingerprint density at radius 2 is 2.08 bits per heavy atom. The summed E-state index contributed by atoms with van der Waals surface area (Å²) in [6.07, 6.45) is 3.35. The van der Waals surface area contributed by atoms with Gasteiger partial charge in [-0.15, -0.1) is 0 Å². The molecule has 0 radical (unpaired) electrons. The molecule has 3 heterocycles. The summed E-state index contributed by atoms with van der Waals surface area (Å²) in [7, 11) is 1.82. The van der Waals surface area contributed by atoms with Crippen LogP contribution in [0, 0.1) is 5.82 Å². The highest BCUT2D eigenvalue weighted by atomic mass is 35.5. The first kappa shape index (κ1) is 15.5. The molecular formula is C17H13ClFN5O. The minimum absolute atomic E-state index is 0.0219. The molecule has 0 unspecified atom stereocenters. The Bertz CT molecular complexity index is 1090. The summed E-state index contributed by atoms with van der Waals surface area (Å²) in [6, 6.07) is 7.97. The Hall–Kier alpha value is -3.06. The van der Waals surface area contributed by atoms with Crippen molar-refractivity contribution in [1.82, 2.24) is 14.8 Å². The van der Waals surface area contributed by atoms with Gasteiger partial charge in [0.05, 0.1) is 16.1 Å². The van der Waals surface area contributed by atoms with E-state index in [-0.39, 0.29) is 10.9 Å². The number of furan rings is 1. The van der Waals surface area contributed by atoms with Gasteiger partial charge in [0.1, 0.15) is 17.2 Å². The zero-order valence-corrected chi connectivity index (χ0v) is 13.9. The number of rotatable bonds is 3. The third kappa shape index (κ3) is 2.58. The van der Waals surface area contributed by atoms with Crippen LogP contribution in [0.1, 0.15) is 0 Å². The number of pyridine rings is 1. The van der Waals surface area contributed by atoms with Gasteiger partial charge in [-0.2, -0.15) is 5.10 Å². The Labute approximate surface area is 147 Å². The maximum Gasteiger partial charge on any atom is 0.215 e. The summed E-state index contributed by atoms with van der Waals surface area (Å²) in [4.78, 5) is 4.39. The average Bonchev–Trinajstić information content (AvgIpc) is 3.15. The second-order valence-corrected chi connectivity index (χ2v) is 5.88. The number of halogens is 2. The van der Waals surface area contributed by atoms with Gasteiger partial charge in [0, 0.05) is 25.1 Å². The zero-order valence-electron chi connectivity index (χ0n) is 13.1. The van der Waals surface area contributed by atoms with Gasteiger partial charge >= 0.3 is 0 Å². The monoisotopic (exact) mass is 357 g/mol. The first-order valence-corrected chi connectivity index (χ1v) is 7.80. The predicted molar refractivity (Wildman–Crippen MR) is 95.3 cm³/mol. The lowest BCUT2D eigenvalue weighted by molar-refractivity contribution is 0.628. The van der Waals surface area contributed by atoms with E-state index in [4.69, 9.17) is 21.8 Å². The first-order valence-electron chi connectivity index (χ1n) is 7.42. The van der Waals surface area contributed by atoms with Crippen LogP contribution in [-0.4, -0.2) is 14.8 Å². The summed E-state index contributed by atoms with van der Waals surface area (Å²) in [5.74, 6) is -0.285. The van der Waals surface area contributed by atoms with Crippen molar-refractivity contribution >= 4 is 39.8 Å². The average molecular weight is 358 g/mol. The fourth-order valence-electron chi connectivity index (χ4n) is 2.68. The van der Waals surface area contributed by atoms with E-state index >= 15 is 0 Å². The van der Waals surface area contributed by atoms with Gasteiger partial charge in [-0.3, -0.25) is 9.67 Å². The van der Waals surface area contributed by atoms with Crippen molar-refractivity contribution < 1.29 is 8.81 Å². The van der Waals surface area contributed by atoms with Crippen LogP contribution in [0.4, 0.5) is 21.6 Å². The Balaban J connectivity index is 1.84. The van der Waals surface area contributed by atoms with Crippen molar-refractivity contribution in [3.63, 3.8) is 0 Å². The quantitative estimate of drug-likeness (QED) is 0.569. The molecule has 0 bridgehead atoms. The number of aromatic nitrogens is 3. The van der Waals surface area contributed by atoms with Gasteiger partial charge < -0.3 is 15.5 Å². The molecule has 126 valence electrons. The van der Waals surface area contributed by atoms with E-state index in [0.717, 1.165) is 11.1 Å². The molecule has 25 heavy (non-hydrogen) atoms. The maximum atomic E-state index is 13.3. The number of hydrogen-bond acceptors (Lipinski definition) is 5. The molecule has 0 atom stereocenters. The largest absolute Gasteiger partial charge is 0.436 e. The van der Waals surface area contributed by atoms with Crippen molar-refractivity contribution in [3.05, 3.63) is 53.6 Å². The normalized spacial score (nSPS) is 11.2. The summed E-state index contributed by atoms with van der Waals surface area (Å²) in [6.45, 7) is 0. The number of hydrogen-bond donors (Lipinski definition) is 2. The first-order chi connectivity index (χ1) is 12.0. The number of nitrogen functional groups attached to an aromatic ring is 1. The van der Waals surface area contributed by atoms with E-state index in [0.29, 0.717) is 22.7 Å². The molecule has 0 aliphatic rings. The van der Waals surface area contributed by atoms with Crippen LogP contribution in [-0.2, 0) is 7.05 Å². The van der Waals surface area contributed by atoms with Crippen LogP contribution >= 0.6 is 11.6 Å².